The van der Waals surface area contributed by atoms with E-state index in [9.17, 15) is 4.79 Å². The van der Waals surface area contributed by atoms with Crippen LogP contribution in [0.1, 0.15) is 0 Å². The first kappa shape index (κ1) is 16.7. The number of hydrogen-bond donors (Lipinski definition) is 1. The number of methoxy groups -OCH3 is 1. The molecule has 0 amide bonds. The Hall–Kier alpha value is -3.80. The summed E-state index contributed by atoms with van der Waals surface area (Å²) in [5, 5.41) is 0. The molecule has 0 saturated carbocycles. The first-order valence-electron chi connectivity index (χ1n) is 8.38. The molecule has 0 saturated heterocycles. The van der Waals surface area contributed by atoms with Crippen LogP contribution in [0.5, 0.6) is 5.75 Å². The summed E-state index contributed by atoms with van der Waals surface area (Å²) in [5.41, 5.74) is 1.81. The van der Waals surface area contributed by atoms with Gasteiger partial charge in [0, 0.05) is 17.3 Å². The first-order valence-corrected chi connectivity index (χ1v) is 8.38. The Labute approximate surface area is 155 Å². The molecule has 0 bridgehead atoms. The second kappa shape index (κ2) is 7.21. The Kier molecular flexibility index (Phi) is 4.45. The normalized spacial score (nSPS) is 10.6. The summed E-state index contributed by atoms with van der Waals surface area (Å²) < 4.78 is 5.21. The van der Waals surface area contributed by atoms with Crippen LogP contribution in [-0.4, -0.2) is 27.0 Å². The zero-order valence-electron chi connectivity index (χ0n) is 14.6. The van der Waals surface area contributed by atoms with Crippen LogP contribution in [0.2, 0.25) is 0 Å². The van der Waals surface area contributed by atoms with Crippen LogP contribution in [0.25, 0.3) is 34.2 Å². The van der Waals surface area contributed by atoms with Crippen molar-refractivity contribution in [2.45, 2.75) is 0 Å². The van der Waals surface area contributed by atoms with E-state index in [0.29, 0.717) is 23.0 Å². The minimum Gasteiger partial charge on any atom is -0.497 e. The monoisotopic (exact) mass is 356 g/mol. The van der Waals surface area contributed by atoms with Gasteiger partial charge in [-0.1, -0.05) is 30.3 Å². The van der Waals surface area contributed by atoms with E-state index in [1.54, 1.807) is 25.4 Å². The van der Waals surface area contributed by atoms with Gasteiger partial charge in [0.15, 0.2) is 17.5 Å². The van der Waals surface area contributed by atoms with Crippen LogP contribution in [0.15, 0.2) is 77.7 Å². The highest BCUT2D eigenvalue weighted by molar-refractivity contribution is 5.66. The summed E-state index contributed by atoms with van der Waals surface area (Å²) >= 11 is 0. The molecule has 27 heavy (non-hydrogen) atoms. The maximum Gasteiger partial charge on any atom is 0.259 e. The predicted molar refractivity (Wildman–Crippen MR) is 103 cm³/mol. The Morgan fingerprint density at radius 2 is 1.37 bits per heavy atom. The number of aromatic amines is 1. The summed E-state index contributed by atoms with van der Waals surface area (Å²) in [5.74, 6) is 2.08. The zero-order valence-corrected chi connectivity index (χ0v) is 14.6. The average molecular weight is 356 g/mol. The molecule has 0 fully saturated rings. The minimum absolute atomic E-state index is 0.247. The van der Waals surface area contributed by atoms with Crippen LogP contribution in [-0.2, 0) is 0 Å². The smallest absolute Gasteiger partial charge is 0.259 e. The number of aromatic nitrogens is 4. The third-order valence-electron chi connectivity index (χ3n) is 4.07. The number of benzene rings is 2. The Bertz CT molecular complexity index is 1120. The molecule has 2 aromatic carbocycles. The molecule has 132 valence electrons. The number of hydrogen-bond acceptors (Lipinski definition) is 5. The van der Waals surface area contributed by atoms with Gasteiger partial charge in [-0.15, -0.1) is 0 Å². The predicted octanol–water partition coefficient (Wildman–Crippen LogP) is 3.57. The molecule has 0 aliphatic carbocycles. The molecule has 6 nitrogen and oxygen atoms in total. The topological polar surface area (TPSA) is 80.8 Å². The Balaban J connectivity index is 1.91. The van der Waals surface area contributed by atoms with Crippen molar-refractivity contribution in [3.8, 4) is 39.9 Å². The summed E-state index contributed by atoms with van der Waals surface area (Å²) in [7, 11) is 1.62. The van der Waals surface area contributed by atoms with Gasteiger partial charge in [-0.2, -0.15) is 0 Å². The average Bonchev–Trinajstić information content (AvgIpc) is 2.74. The minimum atomic E-state index is -0.247. The van der Waals surface area contributed by atoms with Crippen LogP contribution in [0, 0.1) is 0 Å². The quantitative estimate of drug-likeness (QED) is 0.605. The van der Waals surface area contributed by atoms with Gasteiger partial charge in [-0.05, 0) is 36.4 Å². The lowest BCUT2D eigenvalue weighted by atomic mass is 10.1. The second-order valence-electron chi connectivity index (χ2n) is 5.81. The number of nitrogens with zero attached hydrogens (tertiary/aromatic N) is 3. The van der Waals surface area contributed by atoms with E-state index in [2.05, 4.69) is 19.9 Å². The van der Waals surface area contributed by atoms with Crippen LogP contribution in [0.4, 0.5) is 0 Å². The van der Waals surface area contributed by atoms with Crippen molar-refractivity contribution in [3.63, 3.8) is 0 Å². The van der Waals surface area contributed by atoms with Gasteiger partial charge in [0.2, 0.25) is 0 Å². The molecule has 1 N–H and O–H groups in total. The maximum atomic E-state index is 12.2. The van der Waals surface area contributed by atoms with Crippen molar-refractivity contribution >= 4 is 0 Å². The lowest BCUT2D eigenvalue weighted by molar-refractivity contribution is 0.415. The van der Waals surface area contributed by atoms with Gasteiger partial charge in [0.05, 0.1) is 12.7 Å². The van der Waals surface area contributed by atoms with E-state index >= 15 is 0 Å². The molecule has 0 aliphatic rings. The van der Waals surface area contributed by atoms with Gasteiger partial charge in [-0.25, -0.2) is 15.0 Å². The highest BCUT2D eigenvalue weighted by Crippen LogP contribution is 2.24. The zero-order chi connectivity index (χ0) is 18.6. The van der Waals surface area contributed by atoms with E-state index < -0.39 is 0 Å². The molecule has 4 aromatic rings. The van der Waals surface area contributed by atoms with Gasteiger partial charge in [-0.3, -0.25) is 4.79 Å². The highest BCUT2D eigenvalue weighted by Gasteiger charge is 2.13. The third-order valence-corrected chi connectivity index (χ3v) is 4.07. The fourth-order valence-electron chi connectivity index (χ4n) is 2.68. The van der Waals surface area contributed by atoms with Crippen LogP contribution in [0.3, 0.4) is 0 Å². The van der Waals surface area contributed by atoms with Crippen molar-refractivity contribution in [2.75, 3.05) is 7.11 Å². The van der Waals surface area contributed by atoms with E-state index in [0.717, 1.165) is 16.9 Å². The first-order chi connectivity index (χ1) is 13.2. The molecule has 2 aromatic heterocycles. The fraction of sp³-hybridized carbons (Fsp3) is 0.0476. The van der Waals surface area contributed by atoms with Gasteiger partial charge in [0.25, 0.3) is 5.56 Å². The molecule has 6 heteroatoms. The fourth-order valence-corrected chi connectivity index (χ4v) is 2.68. The van der Waals surface area contributed by atoms with Crippen molar-refractivity contribution in [1.29, 1.82) is 0 Å². The molecule has 4 rings (SSSR count). The number of ether oxygens (including phenoxy) is 1. The van der Waals surface area contributed by atoms with Gasteiger partial charge in [0.1, 0.15) is 5.75 Å². The number of pyridine rings is 1. The summed E-state index contributed by atoms with van der Waals surface area (Å²) in [6.07, 6.45) is 1.58. The molecule has 0 atom stereocenters. The van der Waals surface area contributed by atoms with E-state index in [-0.39, 0.29) is 5.56 Å². The van der Waals surface area contributed by atoms with Crippen LogP contribution >= 0.6 is 0 Å². The van der Waals surface area contributed by atoms with E-state index in [4.69, 9.17) is 4.74 Å². The number of H-pyrrole nitrogens is 1. The molecule has 0 aliphatic heterocycles. The van der Waals surface area contributed by atoms with E-state index in [1.165, 1.54) is 0 Å². The molecule has 0 radical (unpaired) electrons. The molecular formula is C21H16N4O2. The lowest BCUT2D eigenvalue weighted by Crippen LogP contribution is -2.10. The third kappa shape index (κ3) is 3.46. The molecule has 2 heterocycles. The van der Waals surface area contributed by atoms with Crippen molar-refractivity contribution in [2.24, 2.45) is 0 Å². The summed E-state index contributed by atoms with van der Waals surface area (Å²) in [6, 6.07) is 20.5. The highest BCUT2D eigenvalue weighted by atomic mass is 16.5. The SMILES string of the molecule is COc1ccc(-c2nc(-c3ccccc3)nc(-c3ccc[nH]c3=O)n2)cc1. The second-order valence-corrected chi connectivity index (χ2v) is 5.81. The molecule has 0 spiro atoms. The number of rotatable bonds is 4. The van der Waals surface area contributed by atoms with Crippen molar-refractivity contribution in [3.05, 3.63) is 83.3 Å². The van der Waals surface area contributed by atoms with Crippen molar-refractivity contribution < 1.29 is 4.74 Å². The standard InChI is InChI=1S/C21H16N4O2/c1-27-16-11-9-15(10-12-16)19-23-18(14-6-3-2-4-7-14)24-20(25-19)17-8-5-13-22-21(17)26/h2-13H,1H3,(H,22,26). The Morgan fingerprint density at radius 1 is 0.741 bits per heavy atom. The summed E-state index contributed by atoms with van der Waals surface area (Å²) in [6.45, 7) is 0. The number of nitrogens with one attached hydrogen (secondary N) is 1. The Morgan fingerprint density at radius 3 is 2.00 bits per heavy atom. The lowest BCUT2D eigenvalue weighted by Gasteiger charge is -2.08. The maximum absolute atomic E-state index is 12.2. The molecular weight excluding hydrogens is 340 g/mol. The van der Waals surface area contributed by atoms with Gasteiger partial charge < -0.3 is 9.72 Å². The largest absolute Gasteiger partial charge is 0.497 e. The summed E-state index contributed by atoms with van der Waals surface area (Å²) in [4.78, 5) is 28.6. The van der Waals surface area contributed by atoms with Gasteiger partial charge >= 0.3 is 0 Å². The van der Waals surface area contributed by atoms with Crippen molar-refractivity contribution in [1.82, 2.24) is 19.9 Å². The van der Waals surface area contributed by atoms with E-state index in [1.807, 2.05) is 54.6 Å². The molecule has 0 unspecified atom stereocenters. The van der Waals surface area contributed by atoms with Crippen LogP contribution < -0.4 is 10.3 Å².